The third kappa shape index (κ3) is 4.33. The van der Waals surface area contributed by atoms with Gasteiger partial charge in [-0.15, -0.1) is 11.3 Å². The summed E-state index contributed by atoms with van der Waals surface area (Å²) < 4.78 is 10.2. The Balaban J connectivity index is 1.58. The van der Waals surface area contributed by atoms with E-state index in [1.54, 1.807) is 6.92 Å². The normalized spacial score (nSPS) is 17.8. The molecule has 7 heteroatoms. The van der Waals surface area contributed by atoms with E-state index in [1.807, 2.05) is 6.08 Å². The number of nitrogens with one attached hydrogen (secondary N) is 1. The second-order valence-corrected chi connectivity index (χ2v) is 7.57. The molecule has 1 amide bonds. The second kappa shape index (κ2) is 8.49. The number of carbonyl (C=O) groups is 3. The minimum absolute atomic E-state index is 0.209. The third-order valence-corrected chi connectivity index (χ3v) is 5.77. The Bertz CT molecular complexity index is 737. The van der Waals surface area contributed by atoms with Crippen molar-refractivity contribution < 1.29 is 23.9 Å². The highest BCUT2D eigenvalue weighted by molar-refractivity contribution is 7.17. The summed E-state index contributed by atoms with van der Waals surface area (Å²) in [5, 5.41) is 3.21. The molecule has 1 N–H and O–H groups in total. The highest BCUT2D eigenvalue weighted by Gasteiger charge is 2.28. The lowest BCUT2D eigenvalue weighted by atomic mass is 10.1. The summed E-state index contributed by atoms with van der Waals surface area (Å²) in [6.07, 6.45) is 9.03. The van der Waals surface area contributed by atoms with Crippen LogP contribution < -0.4 is 5.32 Å². The maximum atomic E-state index is 12.3. The van der Waals surface area contributed by atoms with Crippen LogP contribution in [0.5, 0.6) is 0 Å². The van der Waals surface area contributed by atoms with Crippen LogP contribution in [0.1, 0.15) is 53.4 Å². The van der Waals surface area contributed by atoms with Crippen LogP contribution in [0.2, 0.25) is 0 Å². The molecular formula is C19H23NO5S. The molecule has 0 unspecified atom stereocenters. The van der Waals surface area contributed by atoms with E-state index in [-0.39, 0.29) is 25.1 Å². The predicted octanol–water partition coefficient (Wildman–Crippen LogP) is 3.25. The number of aryl methyl sites for hydroxylation is 1. The highest BCUT2D eigenvalue weighted by atomic mass is 32.1. The zero-order valence-electron chi connectivity index (χ0n) is 14.8. The molecule has 1 atom stereocenters. The molecular weight excluding hydrogens is 354 g/mol. The van der Waals surface area contributed by atoms with Gasteiger partial charge in [0.15, 0.2) is 6.61 Å². The fourth-order valence-electron chi connectivity index (χ4n) is 3.36. The van der Waals surface area contributed by atoms with Gasteiger partial charge in [0.1, 0.15) is 5.00 Å². The quantitative estimate of drug-likeness (QED) is 0.583. The van der Waals surface area contributed by atoms with Crippen molar-refractivity contribution >= 4 is 34.2 Å². The number of ether oxygens (including phenoxy) is 2. The fourth-order valence-corrected chi connectivity index (χ4v) is 4.65. The topological polar surface area (TPSA) is 81.7 Å². The Morgan fingerprint density at radius 2 is 2.12 bits per heavy atom. The van der Waals surface area contributed by atoms with Crippen LogP contribution in [-0.4, -0.2) is 31.1 Å². The van der Waals surface area contributed by atoms with E-state index in [4.69, 9.17) is 9.47 Å². The van der Waals surface area contributed by atoms with E-state index in [0.717, 1.165) is 42.5 Å². The number of hydrogen-bond acceptors (Lipinski definition) is 6. The average molecular weight is 377 g/mol. The summed E-state index contributed by atoms with van der Waals surface area (Å²) in [5.74, 6) is -1.02. The number of fused-ring (bicyclic) bond motifs is 1. The van der Waals surface area contributed by atoms with Crippen LogP contribution in [0.4, 0.5) is 5.00 Å². The van der Waals surface area contributed by atoms with Gasteiger partial charge in [-0.2, -0.15) is 0 Å². The Labute approximate surface area is 156 Å². The van der Waals surface area contributed by atoms with Gasteiger partial charge in [0.05, 0.1) is 18.6 Å². The number of hydrogen-bond donors (Lipinski definition) is 1. The van der Waals surface area contributed by atoms with E-state index in [0.29, 0.717) is 17.0 Å². The lowest BCUT2D eigenvalue weighted by Gasteiger charge is -2.10. The van der Waals surface area contributed by atoms with Gasteiger partial charge in [-0.25, -0.2) is 4.79 Å². The molecule has 1 heterocycles. The first-order chi connectivity index (χ1) is 12.6. The van der Waals surface area contributed by atoms with Crippen molar-refractivity contribution in [3.05, 3.63) is 28.2 Å². The Kier molecular flexibility index (Phi) is 6.08. The fraction of sp³-hybridized carbons (Fsp3) is 0.526. The van der Waals surface area contributed by atoms with Crippen molar-refractivity contribution in [3.8, 4) is 0 Å². The number of allylic oxidation sites excluding steroid dienone is 2. The summed E-state index contributed by atoms with van der Waals surface area (Å²) in [5.41, 5.74) is 1.44. The summed E-state index contributed by atoms with van der Waals surface area (Å²) in [6, 6.07) is 0. The average Bonchev–Trinajstić information content (AvgIpc) is 3.30. The summed E-state index contributed by atoms with van der Waals surface area (Å²) >= 11 is 1.41. The van der Waals surface area contributed by atoms with Gasteiger partial charge in [0.25, 0.3) is 5.91 Å². The second-order valence-electron chi connectivity index (χ2n) is 6.46. The molecule has 2 aliphatic carbocycles. The maximum Gasteiger partial charge on any atom is 0.341 e. The molecule has 26 heavy (non-hydrogen) atoms. The molecule has 3 rings (SSSR count). The van der Waals surface area contributed by atoms with Crippen molar-refractivity contribution in [1.29, 1.82) is 0 Å². The SMILES string of the molecule is CCOC(=O)c1c(NC(=O)COC(=O)C[C@H]2C=CCC2)sc2c1CCC2. The van der Waals surface area contributed by atoms with Crippen LogP contribution in [0.25, 0.3) is 0 Å². The number of rotatable bonds is 7. The first-order valence-electron chi connectivity index (χ1n) is 9.02. The van der Waals surface area contributed by atoms with E-state index < -0.39 is 11.9 Å². The van der Waals surface area contributed by atoms with Crippen molar-refractivity contribution in [2.75, 3.05) is 18.5 Å². The molecule has 0 saturated heterocycles. The van der Waals surface area contributed by atoms with E-state index in [9.17, 15) is 14.4 Å². The molecule has 0 spiro atoms. The lowest BCUT2D eigenvalue weighted by molar-refractivity contribution is -0.147. The smallest absolute Gasteiger partial charge is 0.341 e. The van der Waals surface area contributed by atoms with Gasteiger partial charge in [0.2, 0.25) is 0 Å². The van der Waals surface area contributed by atoms with E-state index in [2.05, 4.69) is 11.4 Å². The summed E-state index contributed by atoms with van der Waals surface area (Å²) in [6.45, 7) is 1.69. The van der Waals surface area contributed by atoms with Crippen molar-refractivity contribution in [1.82, 2.24) is 0 Å². The molecule has 1 aromatic heterocycles. The van der Waals surface area contributed by atoms with Gasteiger partial charge < -0.3 is 14.8 Å². The Morgan fingerprint density at radius 1 is 1.27 bits per heavy atom. The summed E-state index contributed by atoms with van der Waals surface area (Å²) in [4.78, 5) is 37.4. The number of thiophene rings is 1. The minimum Gasteiger partial charge on any atom is -0.462 e. The number of esters is 2. The Hall–Kier alpha value is -2.15. The van der Waals surface area contributed by atoms with Crippen molar-refractivity contribution in [3.63, 3.8) is 0 Å². The lowest BCUT2D eigenvalue weighted by Crippen LogP contribution is -2.22. The van der Waals surface area contributed by atoms with Crippen LogP contribution in [0, 0.1) is 5.92 Å². The maximum absolute atomic E-state index is 12.3. The Morgan fingerprint density at radius 3 is 2.85 bits per heavy atom. The minimum atomic E-state index is -0.439. The molecule has 0 saturated carbocycles. The molecule has 1 aromatic rings. The zero-order chi connectivity index (χ0) is 18.5. The van der Waals surface area contributed by atoms with Gasteiger partial charge >= 0.3 is 11.9 Å². The molecule has 0 radical (unpaired) electrons. The largest absolute Gasteiger partial charge is 0.462 e. The molecule has 0 aromatic carbocycles. The first-order valence-corrected chi connectivity index (χ1v) is 9.84. The monoisotopic (exact) mass is 377 g/mol. The van der Waals surface area contributed by atoms with Crippen molar-refractivity contribution in [2.24, 2.45) is 5.92 Å². The van der Waals surface area contributed by atoms with Crippen LogP contribution in [0.3, 0.4) is 0 Å². The first kappa shape index (κ1) is 18.6. The van der Waals surface area contributed by atoms with E-state index in [1.165, 1.54) is 11.3 Å². The van der Waals surface area contributed by atoms with Gasteiger partial charge in [0, 0.05) is 4.88 Å². The van der Waals surface area contributed by atoms with Gasteiger partial charge in [-0.05, 0) is 50.5 Å². The molecule has 0 fully saturated rings. The molecule has 2 aliphatic rings. The zero-order valence-corrected chi connectivity index (χ0v) is 15.7. The highest BCUT2D eigenvalue weighted by Crippen LogP contribution is 2.39. The predicted molar refractivity (Wildman–Crippen MR) is 98.4 cm³/mol. The number of anilines is 1. The number of carbonyl (C=O) groups excluding carboxylic acids is 3. The van der Waals surface area contributed by atoms with E-state index >= 15 is 0 Å². The van der Waals surface area contributed by atoms with Crippen LogP contribution in [0.15, 0.2) is 12.2 Å². The van der Waals surface area contributed by atoms with Crippen molar-refractivity contribution in [2.45, 2.75) is 45.4 Å². The van der Waals surface area contributed by atoms with Gasteiger partial charge in [-0.3, -0.25) is 9.59 Å². The van der Waals surface area contributed by atoms with Crippen LogP contribution in [-0.2, 0) is 31.9 Å². The van der Waals surface area contributed by atoms with Gasteiger partial charge in [-0.1, -0.05) is 12.2 Å². The third-order valence-electron chi connectivity index (χ3n) is 4.56. The molecule has 0 bridgehead atoms. The number of amides is 1. The van der Waals surface area contributed by atoms with Crippen LogP contribution >= 0.6 is 11.3 Å². The molecule has 140 valence electrons. The molecule has 6 nitrogen and oxygen atoms in total. The molecule has 0 aliphatic heterocycles. The standard InChI is InChI=1S/C19H23NO5S/c1-2-24-19(23)17-13-8-5-9-14(13)26-18(17)20-15(21)11-25-16(22)10-12-6-3-4-7-12/h3,6,12H,2,4-5,7-11H2,1H3,(H,20,21)/t12-/m0/s1. The summed E-state index contributed by atoms with van der Waals surface area (Å²) in [7, 11) is 0.